The van der Waals surface area contributed by atoms with Crippen molar-refractivity contribution in [2.75, 3.05) is 23.9 Å². The Hall–Kier alpha value is -0.290. The summed E-state index contributed by atoms with van der Waals surface area (Å²) in [7, 11) is 0. The molecule has 1 rings (SSSR count). The van der Waals surface area contributed by atoms with Gasteiger partial charge in [-0.2, -0.15) is 11.8 Å². The Labute approximate surface area is 87.3 Å². The predicted molar refractivity (Wildman–Crippen MR) is 60.7 cm³/mol. The largest absolute Gasteiger partial charge is 0.360 e. The molecule has 0 aromatic carbocycles. The van der Waals surface area contributed by atoms with Crippen molar-refractivity contribution in [3.8, 4) is 0 Å². The van der Waals surface area contributed by atoms with Gasteiger partial charge in [0, 0.05) is 6.54 Å². The Kier molecular flexibility index (Phi) is 4.52. The van der Waals surface area contributed by atoms with Crippen molar-refractivity contribution in [3.63, 3.8) is 0 Å². The van der Waals surface area contributed by atoms with Crippen LogP contribution in [0, 0.1) is 12.8 Å². The smallest absolute Gasteiger partial charge is 0.205 e. The van der Waals surface area contributed by atoms with Gasteiger partial charge >= 0.3 is 0 Å². The molecular weight excluding hydrogens is 202 g/mol. The first-order chi connectivity index (χ1) is 6.22. The van der Waals surface area contributed by atoms with Crippen LogP contribution in [0.4, 0.5) is 5.13 Å². The number of thioether (sulfide) groups is 1. The molecule has 5 heteroatoms. The number of rotatable bonds is 5. The molecule has 0 fully saturated rings. The van der Waals surface area contributed by atoms with Gasteiger partial charge in [-0.25, -0.2) is 0 Å². The summed E-state index contributed by atoms with van der Waals surface area (Å²) in [5.74, 6) is 1.87. The van der Waals surface area contributed by atoms with Crippen LogP contribution in [-0.4, -0.2) is 28.8 Å². The zero-order valence-electron chi connectivity index (χ0n) is 8.20. The lowest BCUT2D eigenvalue weighted by atomic mass is 10.2. The molecule has 0 aliphatic carbocycles. The lowest BCUT2D eigenvalue weighted by Gasteiger charge is -2.08. The van der Waals surface area contributed by atoms with E-state index in [0.29, 0.717) is 5.92 Å². The van der Waals surface area contributed by atoms with Crippen LogP contribution < -0.4 is 5.32 Å². The second-order valence-electron chi connectivity index (χ2n) is 3.07. The van der Waals surface area contributed by atoms with Crippen molar-refractivity contribution in [2.24, 2.45) is 5.92 Å². The topological polar surface area (TPSA) is 37.8 Å². The van der Waals surface area contributed by atoms with Crippen molar-refractivity contribution in [1.29, 1.82) is 0 Å². The predicted octanol–water partition coefficient (Wildman–Crippen LogP) is 2.26. The highest BCUT2D eigenvalue weighted by atomic mass is 32.2. The van der Waals surface area contributed by atoms with E-state index in [1.807, 2.05) is 18.7 Å². The first-order valence-corrected chi connectivity index (χ1v) is 6.46. The quantitative estimate of drug-likeness (QED) is 0.821. The Bertz CT molecular complexity index is 249. The van der Waals surface area contributed by atoms with E-state index in [9.17, 15) is 0 Å². The van der Waals surface area contributed by atoms with E-state index in [1.165, 1.54) is 5.75 Å². The molecule has 1 N–H and O–H groups in total. The summed E-state index contributed by atoms with van der Waals surface area (Å²) >= 11 is 3.49. The van der Waals surface area contributed by atoms with E-state index < -0.39 is 0 Å². The fraction of sp³-hybridized carbons (Fsp3) is 0.750. The van der Waals surface area contributed by atoms with E-state index in [2.05, 4.69) is 28.7 Å². The van der Waals surface area contributed by atoms with Crippen molar-refractivity contribution >= 4 is 28.2 Å². The molecule has 0 aliphatic rings. The van der Waals surface area contributed by atoms with E-state index in [0.717, 1.165) is 16.7 Å². The van der Waals surface area contributed by atoms with Crippen LogP contribution in [0.1, 0.15) is 11.9 Å². The molecule has 1 heterocycles. The summed E-state index contributed by atoms with van der Waals surface area (Å²) < 4.78 is 0. The Morgan fingerprint density at radius 2 is 2.31 bits per heavy atom. The van der Waals surface area contributed by atoms with E-state index in [-0.39, 0.29) is 0 Å². The first-order valence-electron chi connectivity index (χ1n) is 4.25. The average molecular weight is 217 g/mol. The average Bonchev–Trinajstić information content (AvgIpc) is 2.49. The summed E-state index contributed by atoms with van der Waals surface area (Å²) in [5.41, 5.74) is 0. The van der Waals surface area contributed by atoms with Crippen LogP contribution >= 0.6 is 23.1 Å². The number of aryl methyl sites for hydroxylation is 1. The summed E-state index contributed by atoms with van der Waals surface area (Å²) in [5, 5.41) is 13.2. The highest BCUT2D eigenvalue weighted by Crippen LogP contribution is 2.14. The SMILES string of the molecule is CSCC(C)CNc1nnc(C)s1. The van der Waals surface area contributed by atoms with Gasteiger partial charge in [0.15, 0.2) is 0 Å². The Morgan fingerprint density at radius 1 is 1.54 bits per heavy atom. The number of hydrogen-bond acceptors (Lipinski definition) is 5. The van der Waals surface area contributed by atoms with Gasteiger partial charge in [-0.15, -0.1) is 10.2 Å². The van der Waals surface area contributed by atoms with Gasteiger partial charge in [-0.05, 0) is 24.9 Å². The van der Waals surface area contributed by atoms with Crippen molar-refractivity contribution in [3.05, 3.63) is 5.01 Å². The van der Waals surface area contributed by atoms with Gasteiger partial charge in [-0.3, -0.25) is 0 Å². The molecule has 0 spiro atoms. The second kappa shape index (κ2) is 5.44. The summed E-state index contributed by atoms with van der Waals surface area (Å²) in [6, 6.07) is 0. The molecule has 1 atom stereocenters. The maximum Gasteiger partial charge on any atom is 0.205 e. The number of nitrogens with zero attached hydrogens (tertiary/aromatic N) is 2. The number of nitrogens with one attached hydrogen (secondary N) is 1. The summed E-state index contributed by atoms with van der Waals surface area (Å²) in [6.45, 7) is 5.18. The summed E-state index contributed by atoms with van der Waals surface area (Å²) in [4.78, 5) is 0. The molecule has 74 valence electrons. The van der Waals surface area contributed by atoms with E-state index in [4.69, 9.17) is 0 Å². The highest BCUT2D eigenvalue weighted by molar-refractivity contribution is 7.98. The zero-order valence-corrected chi connectivity index (χ0v) is 9.84. The van der Waals surface area contributed by atoms with Crippen molar-refractivity contribution < 1.29 is 0 Å². The highest BCUT2D eigenvalue weighted by Gasteiger charge is 2.03. The lowest BCUT2D eigenvalue weighted by Crippen LogP contribution is -2.12. The minimum Gasteiger partial charge on any atom is -0.360 e. The Morgan fingerprint density at radius 3 is 2.85 bits per heavy atom. The maximum absolute atomic E-state index is 4.00. The van der Waals surface area contributed by atoms with Gasteiger partial charge in [0.2, 0.25) is 5.13 Å². The third-order valence-corrected chi connectivity index (χ3v) is 3.28. The maximum atomic E-state index is 4.00. The molecule has 0 bridgehead atoms. The monoisotopic (exact) mass is 217 g/mol. The van der Waals surface area contributed by atoms with Crippen molar-refractivity contribution in [2.45, 2.75) is 13.8 Å². The fourth-order valence-electron chi connectivity index (χ4n) is 0.973. The Balaban J connectivity index is 2.26. The number of hydrogen-bond donors (Lipinski definition) is 1. The molecule has 0 saturated carbocycles. The fourth-order valence-corrected chi connectivity index (χ4v) is 2.26. The van der Waals surface area contributed by atoms with Crippen LogP contribution in [0.3, 0.4) is 0 Å². The third kappa shape index (κ3) is 3.95. The molecule has 0 aliphatic heterocycles. The van der Waals surface area contributed by atoms with Gasteiger partial charge < -0.3 is 5.32 Å². The minimum atomic E-state index is 0.680. The summed E-state index contributed by atoms with van der Waals surface area (Å²) in [6.07, 6.45) is 2.13. The van der Waals surface area contributed by atoms with E-state index in [1.54, 1.807) is 11.3 Å². The molecule has 0 radical (unpaired) electrons. The molecule has 0 amide bonds. The molecule has 1 aromatic heterocycles. The van der Waals surface area contributed by atoms with Crippen LogP contribution in [0.15, 0.2) is 0 Å². The van der Waals surface area contributed by atoms with Gasteiger partial charge in [0.1, 0.15) is 5.01 Å². The van der Waals surface area contributed by atoms with Gasteiger partial charge in [0.05, 0.1) is 0 Å². The number of anilines is 1. The van der Waals surface area contributed by atoms with Crippen LogP contribution in [0.25, 0.3) is 0 Å². The van der Waals surface area contributed by atoms with Gasteiger partial charge in [-0.1, -0.05) is 18.3 Å². The molecule has 3 nitrogen and oxygen atoms in total. The van der Waals surface area contributed by atoms with Crippen molar-refractivity contribution in [1.82, 2.24) is 10.2 Å². The first kappa shape index (κ1) is 10.8. The van der Waals surface area contributed by atoms with Crippen LogP contribution in [0.2, 0.25) is 0 Å². The minimum absolute atomic E-state index is 0.680. The second-order valence-corrected chi connectivity index (χ2v) is 5.16. The lowest BCUT2D eigenvalue weighted by molar-refractivity contribution is 0.700. The zero-order chi connectivity index (χ0) is 9.68. The molecule has 1 aromatic rings. The normalized spacial score (nSPS) is 12.8. The van der Waals surface area contributed by atoms with E-state index >= 15 is 0 Å². The molecule has 13 heavy (non-hydrogen) atoms. The third-order valence-electron chi connectivity index (χ3n) is 1.58. The van der Waals surface area contributed by atoms with Crippen LogP contribution in [-0.2, 0) is 0 Å². The standard InChI is InChI=1S/C8H15N3S2/c1-6(5-12-3)4-9-8-11-10-7(2)13-8/h6H,4-5H2,1-3H3,(H,9,11). The molecule has 0 saturated heterocycles. The van der Waals surface area contributed by atoms with Crippen LogP contribution in [0.5, 0.6) is 0 Å². The number of aromatic nitrogens is 2. The molecular formula is C8H15N3S2. The van der Waals surface area contributed by atoms with Gasteiger partial charge in [0.25, 0.3) is 0 Å². The molecule has 1 unspecified atom stereocenters.